The third-order valence-corrected chi connectivity index (χ3v) is 3.23. The molecule has 2 aromatic carbocycles. The summed E-state index contributed by atoms with van der Waals surface area (Å²) >= 11 is 0. The van der Waals surface area contributed by atoms with E-state index in [9.17, 15) is 5.11 Å². The van der Waals surface area contributed by atoms with Crippen LogP contribution in [0.4, 0.5) is 5.69 Å². The molecular formula is C16H17NO4. The van der Waals surface area contributed by atoms with E-state index in [0.717, 1.165) is 17.0 Å². The monoisotopic (exact) mass is 287 g/mol. The third-order valence-electron chi connectivity index (χ3n) is 3.23. The zero-order valence-corrected chi connectivity index (χ0v) is 11.8. The van der Waals surface area contributed by atoms with Gasteiger partial charge in [-0.3, -0.25) is 0 Å². The van der Waals surface area contributed by atoms with Crippen LogP contribution in [-0.2, 0) is 6.54 Å². The lowest BCUT2D eigenvalue weighted by Crippen LogP contribution is -2.03. The van der Waals surface area contributed by atoms with E-state index in [1.165, 1.54) is 0 Å². The van der Waals surface area contributed by atoms with Gasteiger partial charge in [-0.1, -0.05) is 12.1 Å². The molecule has 0 aromatic heterocycles. The number of anilines is 1. The zero-order chi connectivity index (χ0) is 14.7. The number of hydrogen-bond donors (Lipinski definition) is 2. The van der Waals surface area contributed by atoms with Gasteiger partial charge in [0.2, 0.25) is 6.79 Å². The number of hydrogen-bond acceptors (Lipinski definition) is 5. The molecule has 2 N–H and O–H groups in total. The van der Waals surface area contributed by atoms with Gasteiger partial charge in [0.15, 0.2) is 11.5 Å². The lowest BCUT2D eigenvalue weighted by atomic mass is 10.1. The number of nitrogens with one attached hydrogen (secondary N) is 1. The first-order chi connectivity index (χ1) is 10.3. The quantitative estimate of drug-likeness (QED) is 0.884. The smallest absolute Gasteiger partial charge is 0.231 e. The van der Waals surface area contributed by atoms with E-state index in [4.69, 9.17) is 14.2 Å². The molecule has 0 atom stereocenters. The summed E-state index contributed by atoms with van der Waals surface area (Å²) in [5.74, 6) is 2.20. The number of para-hydroxylation sites is 2. The van der Waals surface area contributed by atoms with Gasteiger partial charge in [-0.15, -0.1) is 0 Å². The molecule has 1 heterocycles. The molecule has 5 nitrogen and oxygen atoms in total. The molecule has 1 aliphatic heterocycles. The molecule has 0 radical (unpaired) electrons. The SMILES string of the molecule is CCOc1ccccc1NCc1cc2c(cc1O)OCO2. The summed E-state index contributed by atoms with van der Waals surface area (Å²) in [7, 11) is 0. The van der Waals surface area contributed by atoms with E-state index in [-0.39, 0.29) is 12.5 Å². The van der Waals surface area contributed by atoms with Gasteiger partial charge in [0.1, 0.15) is 11.5 Å². The lowest BCUT2D eigenvalue weighted by Gasteiger charge is -2.13. The molecule has 0 unspecified atom stereocenters. The first-order valence-electron chi connectivity index (χ1n) is 6.85. The average Bonchev–Trinajstić information content (AvgIpc) is 2.93. The van der Waals surface area contributed by atoms with Crippen molar-refractivity contribution >= 4 is 5.69 Å². The van der Waals surface area contributed by atoms with Crippen molar-refractivity contribution in [3.05, 3.63) is 42.0 Å². The minimum atomic E-state index is 0.181. The van der Waals surface area contributed by atoms with E-state index in [2.05, 4.69) is 5.32 Å². The van der Waals surface area contributed by atoms with E-state index >= 15 is 0 Å². The maximum atomic E-state index is 10.0. The van der Waals surface area contributed by atoms with Crippen molar-refractivity contribution in [2.45, 2.75) is 13.5 Å². The van der Waals surface area contributed by atoms with Crippen molar-refractivity contribution in [2.75, 3.05) is 18.7 Å². The fraction of sp³-hybridized carbons (Fsp3) is 0.250. The number of phenols is 1. The van der Waals surface area contributed by atoms with Gasteiger partial charge in [-0.2, -0.15) is 0 Å². The molecule has 0 fully saturated rings. The second kappa shape index (κ2) is 5.83. The highest BCUT2D eigenvalue weighted by molar-refractivity contribution is 5.58. The summed E-state index contributed by atoms with van der Waals surface area (Å²) in [6.45, 7) is 3.21. The normalized spacial score (nSPS) is 12.2. The Balaban J connectivity index is 1.76. The molecular weight excluding hydrogens is 270 g/mol. The first kappa shape index (κ1) is 13.4. The Morgan fingerprint density at radius 1 is 1.19 bits per heavy atom. The Bertz CT molecular complexity index is 642. The van der Waals surface area contributed by atoms with E-state index in [0.29, 0.717) is 24.7 Å². The summed E-state index contributed by atoms with van der Waals surface area (Å²) in [4.78, 5) is 0. The zero-order valence-electron chi connectivity index (χ0n) is 11.8. The van der Waals surface area contributed by atoms with Gasteiger partial charge in [0.25, 0.3) is 0 Å². The van der Waals surface area contributed by atoms with Crippen LogP contribution in [0.25, 0.3) is 0 Å². The van der Waals surface area contributed by atoms with Crippen molar-refractivity contribution in [3.8, 4) is 23.0 Å². The van der Waals surface area contributed by atoms with Crippen LogP contribution in [0.1, 0.15) is 12.5 Å². The largest absolute Gasteiger partial charge is 0.507 e. The highest BCUT2D eigenvalue weighted by Gasteiger charge is 2.17. The standard InChI is InChI=1S/C16H17NO4/c1-2-19-14-6-4-3-5-12(14)17-9-11-7-15-16(8-13(11)18)21-10-20-15/h3-8,17-18H,2,9-10H2,1H3. The molecule has 0 spiro atoms. The van der Waals surface area contributed by atoms with Crippen molar-refractivity contribution in [1.29, 1.82) is 0 Å². The van der Waals surface area contributed by atoms with E-state index in [1.807, 2.05) is 31.2 Å². The Hall–Kier alpha value is -2.56. The molecule has 0 bridgehead atoms. The fourth-order valence-electron chi connectivity index (χ4n) is 2.20. The topological polar surface area (TPSA) is 60.0 Å². The number of rotatable bonds is 5. The van der Waals surface area contributed by atoms with Gasteiger partial charge < -0.3 is 24.6 Å². The highest BCUT2D eigenvalue weighted by Crippen LogP contribution is 2.38. The first-order valence-corrected chi connectivity index (χ1v) is 6.85. The Kier molecular flexibility index (Phi) is 3.73. The Morgan fingerprint density at radius 3 is 2.76 bits per heavy atom. The van der Waals surface area contributed by atoms with Crippen LogP contribution in [0.15, 0.2) is 36.4 Å². The van der Waals surface area contributed by atoms with Gasteiger partial charge in [-0.25, -0.2) is 0 Å². The van der Waals surface area contributed by atoms with Gasteiger partial charge in [0.05, 0.1) is 12.3 Å². The van der Waals surface area contributed by atoms with Gasteiger partial charge in [0, 0.05) is 18.2 Å². The van der Waals surface area contributed by atoms with Crippen LogP contribution in [0, 0.1) is 0 Å². The van der Waals surface area contributed by atoms with Gasteiger partial charge in [-0.05, 0) is 25.1 Å². The molecule has 110 valence electrons. The summed E-state index contributed by atoms with van der Waals surface area (Å²) in [6.07, 6.45) is 0. The lowest BCUT2D eigenvalue weighted by molar-refractivity contribution is 0.174. The van der Waals surface area contributed by atoms with Crippen LogP contribution in [0.3, 0.4) is 0 Å². The molecule has 0 saturated carbocycles. The molecule has 21 heavy (non-hydrogen) atoms. The molecule has 0 aliphatic carbocycles. The fourth-order valence-corrected chi connectivity index (χ4v) is 2.20. The molecule has 2 aromatic rings. The van der Waals surface area contributed by atoms with Crippen molar-refractivity contribution in [3.63, 3.8) is 0 Å². The second-order valence-electron chi connectivity index (χ2n) is 4.62. The Morgan fingerprint density at radius 2 is 1.95 bits per heavy atom. The number of phenolic OH excluding ortho intramolecular Hbond substituents is 1. The van der Waals surface area contributed by atoms with Crippen LogP contribution in [0.2, 0.25) is 0 Å². The molecule has 0 saturated heterocycles. The Labute approximate surface area is 123 Å². The third kappa shape index (κ3) is 2.81. The summed E-state index contributed by atoms with van der Waals surface area (Å²) < 4.78 is 16.1. The number of fused-ring (bicyclic) bond motifs is 1. The second-order valence-corrected chi connectivity index (χ2v) is 4.62. The summed E-state index contributed by atoms with van der Waals surface area (Å²) in [5.41, 5.74) is 1.63. The van der Waals surface area contributed by atoms with Gasteiger partial charge >= 0.3 is 0 Å². The number of aromatic hydroxyl groups is 1. The minimum absolute atomic E-state index is 0.181. The van der Waals surface area contributed by atoms with E-state index in [1.54, 1.807) is 12.1 Å². The summed E-state index contributed by atoms with van der Waals surface area (Å²) in [6, 6.07) is 11.1. The molecule has 5 heteroatoms. The molecule has 0 amide bonds. The van der Waals surface area contributed by atoms with Crippen LogP contribution in [-0.4, -0.2) is 18.5 Å². The van der Waals surface area contributed by atoms with Crippen LogP contribution >= 0.6 is 0 Å². The van der Waals surface area contributed by atoms with Crippen molar-refractivity contribution in [1.82, 2.24) is 0 Å². The highest BCUT2D eigenvalue weighted by atomic mass is 16.7. The van der Waals surface area contributed by atoms with E-state index < -0.39 is 0 Å². The minimum Gasteiger partial charge on any atom is -0.507 e. The summed E-state index contributed by atoms with van der Waals surface area (Å²) in [5, 5.41) is 13.3. The average molecular weight is 287 g/mol. The van der Waals surface area contributed by atoms with Crippen LogP contribution < -0.4 is 19.5 Å². The van der Waals surface area contributed by atoms with Crippen LogP contribution in [0.5, 0.6) is 23.0 Å². The number of ether oxygens (including phenoxy) is 3. The van der Waals surface area contributed by atoms with Crippen molar-refractivity contribution in [2.24, 2.45) is 0 Å². The maximum absolute atomic E-state index is 10.0. The van der Waals surface area contributed by atoms with Crippen molar-refractivity contribution < 1.29 is 19.3 Å². The predicted octanol–water partition coefficient (Wildman–Crippen LogP) is 3.13. The maximum Gasteiger partial charge on any atom is 0.231 e. The number of benzene rings is 2. The molecule has 3 rings (SSSR count). The molecule has 1 aliphatic rings. The predicted molar refractivity (Wildman–Crippen MR) is 79.2 cm³/mol.